The van der Waals surface area contributed by atoms with Crippen LogP contribution in [-0.4, -0.2) is 56.6 Å². The summed E-state index contributed by atoms with van der Waals surface area (Å²) < 4.78 is 5.27. The van der Waals surface area contributed by atoms with Crippen molar-refractivity contribution in [2.24, 2.45) is 11.1 Å². The number of amides is 2. The van der Waals surface area contributed by atoms with E-state index in [1.165, 1.54) is 0 Å². The zero-order valence-electron chi connectivity index (χ0n) is 12.6. The maximum Gasteiger partial charge on any atom is 0.237 e. The summed E-state index contributed by atoms with van der Waals surface area (Å²) in [5.74, 6) is -0.455. The van der Waals surface area contributed by atoms with Crippen LogP contribution in [0.4, 0.5) is 0 Å². The third-order valence-electron chi connectivity index (χ3n) is 3.85. The standard InChI is InChI=1S/C14H27N3O3/c1-3-4-9-17(10-12(15)18)13(19)14(11-20-2)5-7-16-8-6-14/h16H,3-11H2,1-2H3,(H2,15,18). The highest BCUT2D eigenvalue weighted by Gasteiger charge is 2.42. The smallest absolute Gasteiger partial charge is 0.237 e. The van der Waals surface area contributed by atoms with Crippen LogP contribution in [0, 0.1) is 5.41 Å². The summed E-state index contributed by atoms with van der Waals surface area (Å²) in [5, 5.41) is 3.26. The van der Waals surface area contributed by atoms with Crippen molar-refractivity contribution in [3.8, 4) is 0 Å². The molecule has 0 radical (unpaired) electrons. The Morgan fingerprint density at radius 2 is 2.00 bits per heavy atom. The van der Waals surface area contributed by atoms with E-state index in [1.54, 1.807) is 12.0 Å². The SMILES string of the molecule is CCCCN(CC(N)=O)C(=O)C1(COC)CCNCC1. The summed E-state index contributed by atoms with van der Waals surface area (Å²) in [5.41, 5.74) is 4.76. The minimum absolute atomic E-state index is 0.00226. The number of carbonyl (C=O) groups excluding carboxylic acids is 2. The van der Waals surface area contributed by atoms with E-state index in [1.807, 2.05) is 0 Å². The van der Waals surface area contributed by atoms with Crippen LogP contribution in [0.15, 0.2) is 0 Å². The Morgan fingerprint density at radius 1 is 1.35 bits per heavy atom. The van der Waals surface area contributed by atoms with Crippen LogP contribution in [0.3, 0.4) is 0 Å². The van der Waals surface area contributed by atoms with E-state index in [9.17, 15) is 9.59 Å². The average Bonchev–Trinajstić information content (AvgIpc) is 2.43. The molecular weight excluding hydrogens is 258 g/mol. The lowest BCUT2D eigenvalue weighted by Crippen LogP contribution is -2.53. The summed E-state index contributed by atoms with van der Waals surface area (Å²) in [6.45, 7) is 4.63. The summed E-state index contributed by atoms with van der Waals surface area (Å²) in [4.78, 5) is 25.7. The van der Waals surface area contributed by atoms with E-state index >= 15 is 0 Å². The molecule has 1 heterocycles. The number of piperidine rings is 1. The number of ether oxygens (including phenoxy) is 1. The summed E-state index contributed by atoms with van der Waals surface area (Å²) in [6, 6.07) is 0. The van der Waals surface area contributed by atoms with Gasteiger partial charge in [0, 0.05) is 13.7 Å². The predicted octanol–water partition coefficient (Wildman–Crippen LogP) is 0.117. The number of rotatable bonds is 8. The number of hydrogen-bond donors (Lipinski definition) is 2. The number of unbranched alkanes of at least 4 members (excludes halogenated alkanes) is 1. The Morgan fingerprint density at radius 3 is 2.50 bits per heavy atom. The molecule has 0 unspecified atom stereocenters. The third kappa shape index (κ3) is 4.45. The van der Waals surface area contributed by atoms with Crippen LogP contribution in [0.1, 0.15) is 32.6 Å². The largest absolute Gasteiger partial charge is 0.384 e. The molecule has 0 aromatic carbocycles. The molecule has 1 fully saturated rings. The van der Waals surface area contributed by atoms with E-state index in [4.69, 9.17) is 10.5 Å². The first-order valence-electron chi connectivity index (χ1n) is 7.33. The summed E-state index contributed by atoms with van der Waals surface area (Å²) in [7, 11) is 1.61. The summed E-state index contributed by atoms with van der Waals surface area (Å²) >= 11 is 0. The number of carbonyl (C=O) groups is 2. The lowest BCUT2D eigenvalue weighted by molar-refractivity contribution is -0.149. The maximum atomic E-state index is 12.9. The highest BCUT2D eigenvalue weighted by atomic mass is 16.5. The highest BCUT2D eigenvalue weighted by Crippen LogP contribution is 2.31. The van der Waals surface area contributed by atoms with Gasteiger partial charge in [-0.05, 0) is 32.4 Å². The van der Waals surface area contributed by atoms with Gasteiger partial charge in [-0.25, -0.2) is 0 Å². The molecule has 0 aromatic rings. The molecule has 2 amide bonds. The minimum atomic E-state index is -0.511. The van der Waals surface area contributed by atoms with Gasteiger partial charge < -0.3 is 20.7 Å². The zero-order chi connectivity index (χ0) is 15.0. The number of nitrogens with one attached hydrogen (secondary N) is 1. The Kier molecular flexibility index (Phi) is 6.95. The van der Waals surface area contributed by atoms with Crippen molar-refractivity contribution in [3.05, 3.63) is 0 Å². The molecule has 1 rings (SSSR count). The molecule has 3 N–H and O–H groups in total. The Bertz CT molecular complexity index is 322. The fourth-order valence-corrected chi connectivity index (χ4v) is 2.73. The van der Waals surface area contributed by atoms with Crippen molar-refractivity contribution in [1.82, 2.24) is 10.2 Å². The average molecular weight is 285 g/mol. The van der Waals surface area contributed by atoms with Crippen LogP contribution in [0.25, 0.3) is 0 Å². The van der Waals surface area contributed by atoms with E-state index in [0.29, 0.717) is 13.2 Å². The third-order valence-corrected chi connectivity index (χ3v) is 3.85. The molecule has 116 valence electrons. The molecule has 1 aliphatic heterocycles. The van der Waals surface area contributed by atoms with Gasteiger partial charge in [-0.1, -0.05) is 13.3 Å². The second kappa shape index (κ2) is 8.21. The van der Waals surface area contributed by atoms with Crippen LogP contribution in [0.2, 0.25) is 0 Å². The minimum Gasteiger partial charge on any atom is -0.384 e. The second-order valence-electron chi connectivity index (χ2n) is 5.51. The molecule has 6 heteroatoms. The van der Waals surface area contributed by atoms with E-state index in [0.717, 1.165) is 38.8 Å². The van der Waals surface area contributed by atoms with Crippen LogP contribution < -0.4 is 11.1 Å². The van der Waals surface area contributed by atoms with Crippen molar-refractivity contribution in [2.75, 3.05) is 39.9 Å². The van der Waals surface area contributed by atoms with Gasteiger partial charge in [-0.15, -0.1) is 0 Å². The van der Waals surface area contributed by atoms with Crippen molar-refractivity contribution >= 4 is 11.8 Å². The van der Waals surface area contributed by atoms with Crippen molar-refractivity contribution < 1.29 is 14.3 Å². The normalized spacial score (nSPS) is 17.7. The lowest BCUT2D eigenvalue weighted by atomic mass is 9.78. The lowest BCUT2D eigenvalue weighted by Gasteiger charge is -2.39. The van der Waals surface area contributed by atoms with Gasteiger partial charge in [0.2, 0.25) is 11.8 Å². The van der Waals surface area contributed by atoms with Crippen molar-refractivity contribution in [1.29, 1.82) is 0 Å². The van der Waals surface area contributed by atoms with Crippen LogP contribution in [-0.2, 0) is 14.3 Å². The predicted molar refractivity (Wildman–Crippen MR) is 77.1 cm³/mol. The summed E-state index contributed by atoms with van der Waals surface area (Å²) in [6.07, 6.45) is 3.32. The van der Waals surface area contributed by atoms with Gasteiger partial charge in [-0.2, -0.15) is 0 Å². The first-order chi connectivity index (χ1) is 9.55. The molecule has 0 saturated carbocycles. The quantitative estimate of drug-likeness (QED) is 0.663. The van der Waals surface area contributed by atoms with Crippen molar-refractivity contribution in [3.63, 3.8) is 0 Å². The number of methoxy groups -OCH3 is 1. The van der Waals surface area contributed by atoms with Gasteiger partial charge in [0.1, 0.15) is 0 Å². The highest BCUT2D eigenvalue weighted by molar-refractivity contribution is 5.87. The monoisotopic (exact) mass is 285 g/mol. The molecule has 0 spiro atoms. The molecule has 1 saturated heterocycles. The van der Waals surface area contributed by atoms with E-state index in [-0.39, 0.29) is 12.5 Å². The molecule has 20 heavy (non-hydrogen) atoms. The Labute approximate surface area is 121 Å². The van der Waals surface area contributed by atoms with Gasteiger partial charge in [0.25, 0.3) is 0 Å². The molecular formula is C14H27N3O3. The number of primary amides is 1. The van der Waals surface area contributed by atoms with Crippen LogP contribution in [0.5, 0.6) is 0 Å². The molecule has 6 nitrogen and oxygen atoms in total. The van der Waals surface area contributed by atoms with E-state index < -0.39 is 11.3 Å². The Hall–Kier alpha value is -1.14. The number of nitrogens with zero attached hydrogens (tertiary/aromatic N) is 1. The van der Waals surface area contributed by atoms with Gasteiger partial charge in [0.15, 0.2) is 0 Å². The maximum absolute atomic E-state index is 12.9. The molecule has 0 atom stereocenters. The molecule has 1 aliphatic rings. The van der Waals surface area contributed by atoms with Gasteiger partial charge >= 0.3 is 0 Å². The second-order valence-corrected chi connectivity index (χ2v) is 5.51. The number of hydrogen-bond acceptors (Lipinski definition) is 4. The first-order valence-corrected chi connectivity index (χ1v) is 7.33. The molecule has 0 aromatic heterocycles. The zero-order valence-corrected chi connectivity index (χ0v) is 12.6. The van der Waals surface area contributed by atoms with Gasteiger partial charge in [-0.3, -0.25) is 9.59 Å². The van der Waals surface area contributed by atoms with Gasteiger partial charge in [0.05, 0.1) is 18.6 Å². The topological polar surface area (TPSA) is 84.7 Å². The Balaban J connectivity index is 2.84. The fraction of sp³-hybridized carbons (Fsp3) is 0.857. The molecule has 0 aliphatic carbocycles. The van der Waals surface area contributed by atoms with Crippen LogP contribution >= 0.6 is 0 Å². The van der Waals surface area contributed by atoms with Crippen molar-refractivity contribution in [2.45, 2.75) is 32.6 Å². The fourth-order valence-electron chi connectivity index (χ4n) is 2.73. The number of nitrogens with two attached hydrogens (primary N) is 1. The molecule has 0 bridgehead atoms. The van der Waals surface area contributed by atoms with E-state index in [2.05, 4.69) is 12.2 Å². The first kappa shape index (κ1) is 16.9.